The van der Waals surface area contributed by atoms with Gasteiger partial charge in [0.15, 0.2) is 4.34 Å². The highest BCUT2D eigenvalue weighted by molar-refractivity contribution is 8.01. The number of carbonyl (C=O) groups excluding carboxylic acids is 1. The van der Waals surface area contributed by atoms with E-state index in [1.807, 2.05) is 13.8 Å². The van der Waals surface area contributed by atoms with Crippen LogP contribution in [0, 0.1) is 13.8 Å². The number of aryl methyl sites for hydroxylation is 2. The first-order chi connectivity index (χ1) is 12.4. The van der Waals surface area contributed by atoms with Crippen molar-refractivity contribution in [3.8, 4) is 0 Å². The first kappa shape index (κ1) is 18.8. The zero-order valence-electron chi connectivity index (χ0n) is 14.7. The maximum absolute atomic E-state index is 11.4. The molecule has 0 fully saturated rings. The van der Waals surface area contributed by atoms with E-state index in [1.165, 1.54) is 28.0 Å². The van der Waals surface area contributed by atoms with Crippen molar-refractivity contribution in [3.63, 3.8) is 0 Å². The minimum atomic E-state index is -0.543. The van der Waals surface area contributed by atoms with Crippen LogP contribution in [0.25, 0.3) is 10.2 Å². The van der Waals surface area contributed by atoms with Gasteiger partial charge in [-0.2, -0.15) is 0 Å². The minimum absolute atomic E-state index is 0.0622. The minimum Gasteiger partial charge on any atom is -0.450 e. The molecule has 1 amide bonds. The first-order valence-electron chi connectivity index (χ1n) is 7.86. The zero-order chi connectivity index (χ0) is 18.8. The van der Waals surface area contributed by atoms with E-state index in [0.717, 1.165) is 15.8 Å². The number of amides is 1. The van der Waals surface area contributed by atoms with Gasteiger partial charge in [0, 0.05) is 4.88 Å². The monoisotopic (exact) mass is 410 g/mol. The summed E-state index contributed by atoms with van der Waals surface area (Å²) in [4.78, 5) is 22.7. The summed E-state index contributed by atoms with van der Waals surface area (Å²) in [7, 11) is 0. The van der Waals surface area contributed by atoms with Gasteiger partial charge >= 0.3 is 6.09 Å². The lowest BCUT2D eigenvalue weighted by atomic mass is 10.2. The normalized spacial score (nSPS) is 12.3. The van der Waals surface area contributed by atoms with E-state index in [-0.39, 0.29) is 5.25 Å². The number of thioether (sulfide) groups is 1. The van der Waals surface area contributed by atoms with Crippen LogP contribution in [-0.4, -0.2) is 32.9 Å². The Morgan fingerprint density at radius 2 is 2.08 bits per heavy atom. The summed E-state index contributed by atoms with van der Waals surface area (Å²) in [5, 5.41) is 11.8. The summed E-state index contributed by atoms with van der Waals surface area (Å²) < 4.78 is 5.52. The Morgan fingerprint density at radius 1 is 1.31 bits per heavy atom. The van der Waals surface area contributed by atoms with E-state index in [9.17, 15) is 4.79 Å². The van der Waals surface area contributed by atoms with Crippen molar-refractivity contribution in [1.82, 2.24) is 20.2 Å². The first-order valence-corrected chi connectivity index (χ1v) is 10.4. The average molecular weight is 411 g/mol. The molecule has 8 nitrogen and oxygen atoms in total. The molecule has 0 radical (unpaired) electrons. The molecule has 0 saturated heterocycles. The molecule has 26 heavy (non-hydrogen) atoms. The molecular weight excluding hydrogens is 392 g/mol. The number of nitrogens with two attached hydrogens (primary N) is 1. The van der Waals surface area contributed by atoms with E-state index in [0.29, 0.717) is 27.7 Å². The summed E-state index contributed by atoms with van der Waals surface area (Å²) in [5.41, 5.74) is 7.28. The van der Waals surface area contributed by atoms with Crippen LogP contribution in [0.5, 0.6) is 0 Å². The van der Waals surface area contributed by atoms with Gasteiger partial charge in [0.25, 0.3) is 0 Å². The Kier molecular flexibility index (Phi) is 5.58. The molecule has 1 atom stereocenters. The zero-order valence-corrected chi connectivity index (χ0v) is 17.1. The molecule has 0 aliphatic carbocycles. The third-order valence-corrected chi connectivity index (χ3v) is 6.73. The highest BCUT2D eigenvalue weighted by atomic mass is 32.2. The quantitative estimate of drug-likeness (QED) is 0.476. The number of rotatable bonds is 5. The molecule has 0 aromatic carbocycles. The van der Waals surface area contributed by atoms with Crippen molar-refractivity contribution >= 4 is 61.7 Å². The number of ether oxygens (including phenoxy) is 1. The summed E-state index contributed by atoms with van der Waals surface area (Å²) in [6.07, 6.45) is -0.543. The lowest BCUT2D eigenvalue weighted by Crippen LogP contribution is -2.12. The average Bonchev–Trinajstić information content (AvgIpc) is 3.12. The largest absolute Gasteiger partial charge is 0.450 e. The molecule has 3 aromatic heterocycles. The summed E-state index contributed by atoms with van der Waals surface area (Å²) in [6, 6.07) is 0. The molecule has 11 heteroatoms. The number of thiophene rings is 1. The van der Waals surface area contributed by atoms with Gasteiger partial charge in [-0.15, -0.1) is 21.5 Å². The van der Waals surface area contributed by atoms with Crippen LogP contribution in [0.2, 0.25) is 0 Å². The standard InChI is InChI=1S/C15H18N6O2S3/c1-5-23-14(22)19-13-20-21-15(26-13)25-8(4)11-17-10(16)9-6(2)7(3)24-12(9)18-11/h8H,5H2,1-4H3,(H2,16,17,18)(H,19,20,22). The fourth-order valence-corrected chi connectivity index (χ4v) is 5.22. The molecule has 0 spiro atoms. The van der Waals surface area contributed by atoms with Gasteiger partial charge in [-0.1, -0.05) is 23.1 Å². The maximum Gasteiger partial charge on any atom is 0.413 e. The molecule has 1 unspecified atom stereocenters. The molecule has 0 saturated carbocycles. The van der Waals surface area contributed by atoms with Crippen LogP contribution >= 0.6 is 34.4 Å². The molecular formula is C15H18N6O2S3. The summed E-state index contributed by atoms with van der Waals surface area (Å²) >= 11 is 4.35. The maximum atomic E-state index is 11.4. The third kappa shape index (κ3) is 3.89. The highest BCUT2D eigenvalue weighted by Gasteiger charge is 2.19. The van der Waals surface area contributed by atoms with Crippen LogP contribution in [0.3, 0.4) is 0 Å². The number of nitrogens with one attached hydrogen (secondary N) is 1. The van der Waals surface area contributed by atoms with Crippen molar-refractivity contribution in [1.29, 1.82) is 0 Å². The summed E-state index contributed by atoms with van der Waals surface area (Å²) in [6.45, 7) is 8.11. The van der Waals surface area contributed by atoms with Gasteiger partial charge in [0.1, 0.15) is 16.5 Å². The van der Waals surface area contributed by atoms with E-state index in [4.69, 9.17) is 10.5 Å². The number of nitrogen functional groups attached to an aromatic ring is 1. The molecule has 138 valence electrons. The number of hydrogen-bond acceptors (Lipinski definition) is 10. The second-order valence-corrected chi connectivity index (χ2v) is 9.18. The molecule has 3 heterocycles. The van der Waals surface area contributed by atoms with Crippen molar-refractivity contribution in [3.05, 3.63) is 16.3 Å². The van der Waals surface area contributed by atoms with Crippen LogP contribution in [0.15, 0.2) is 4.34 Å². The van der Waals surface area contributed by atoms with Crippen LogP contribution < -0.4 is 11.1 Å². The fourth-order valence-electron chi connectivity index (χ4n) is 2.25. The molecule has 0 bridgehead atoms. The van der Waals surface area contributed by atoms with Crippen molar-refractivity contribution in [2.75, 3.05) is 17.7 Å². The Balaban J connectivity index is 1.76. The fraction of sp³-hybridized carbons (Fsp3) is 0.400. The molecule has 3 N–H and O–H groups in total. The topological polar surface area (TPSA) is 116 Å². The number of aromatic nitrogens is 4. The third-order valence-electron chi connectivity index (χ3n) is 3.61. The number of fused-ring (bicyclic) bond motifs is 1. The highest BCUT2D eigenvalue weighted by Crippen LogP contribution is 2.38. The van der Waals surface area contributed by atoms with E-state index in [1.54, 1.807) is 18.3 Å². The predicted molar refractivity (Wildman–Crippen MR) is 106 cm³/mol. The van der Waals surface area contributed by atoms with Crippen LogP contribution in [0.1, 0.15) is 35.4 Å². The SMILES string of the molecule is CCOC(=O)Nc1nnc(SC(C)c2nc(N)c3c(C)c(C)sc3n2)s1. The van der Waals surface area contributed by atoms with Gasteiger partial charge in [-0.25, -0.2) is 14.8 Å². The van der Waals surface area contributed by atoms with Crippen molar-refractivity contribution < 1.29 is 9.53 Å². The molecule has 3 rings (SSSR count). The molecule has 0 aliphatic heterocycles. The number of hydrogen-bond donors (Lipinski definition) is 2. The van der Waals surface area contributed by atoms with Gasteiger partial charge < -0.3 is 10.5 Å². The van der Waals surface area contributed by atoms with Gasteiger partial charge in [-0.3, -0.25) is 5.32 Å². The summed E-state index contributed by atoms with van der Waals surface area (Å²) in [5.74, 6) is 1.15. The van der Waals surface area contributed by atoms with E-state index >= 15 is 0 Å². The molecule has 3 aromatic rings. The van der Waals surface area contributed by atoms with Crippen molar-refractivity contribution in [2.24, 2.45) is 0 Å². The lowest BCUT2D eigenvalue weighted by molar-refractivity contribution is 0.168. The number of anilines is 2. The van der Waals surface area contributed by atoms with Crippen LogP contribution in [-0.2, 0) is 4.74 Å². The Morgan fingerprint density at radius 3 is 2.81 bits per heavy atom. The number of nitrogens with zero attached hydrogens (tertiary/aromatic N) is 4. The molecule has 0 aliphatic rings. The Bertz CT molecular complexity index is 954. The van der Waals surface area contributed by atoms with E-state index < -0.39 is 6.09 Å². The Hall–Kier alpha value is -1.98. The van der Waals surface area contributed by atoms with E-state index in [2.05, 4.69) is 32.4 Å². The number of carbonyl (C=O) groups is 1. The second kappa shape index (κ2) is 7.72. The predicted octanol–water partition coefficient (Wildman–Crippen LogP) is 4.16. The van der Waals surface area contributed by atoms with Gasteiger partial charge in [0.2, 0.25) is 5.13 Å². The van der Waals surface area contributed by atoms with Crippen molar-refractivity contribution in [2.45, 2.75) is 37.3 Å². The van der Waals surface area contributed by atoms with Gasteiger partial charge in [0.05, 0.1) is 17.2 Å². The second-order valence-electron chi connectivity index (χ2n) is 5.41. The lowest BCUT2D eigenvalue weighted by Gasteiger charge is -2.08. The van der Waals surface area contributed by atoms with Crippen LogP contribution in [0.4, 0.5) is 15.7 Å². The Labute approximate surface area is 162 Å². The van der Waals surface area contributed by atoms with Gasteiger partial charge in [-0.05, 0) is 33.3 Å². The smallest absolute Gasteiger partial charge is 0.413 e.